The van der Waals surface area contributed by atoms with Gasteiger partial charge in [0, 0.05) is 12.8 Å². The van der Waals surface area contributed by atoms with E-state index < -0.39 is 6.10 Å². The van der Waals surface area contributed by atoms with Crippen LogP contribution in [0.2, 0.25) is 0 Å². The third-order valence-corrected chi connectivity index (χ3v) is 8.19. The number of esters is 2. The first-order valence-electron chi connectivity index (χ1n) is 18.9. The van der Waals surface area contributed by atoms with Crippen LogP contribution in [0.15, 0.2) is 24.3 Å². The van der Waals surface area contributed by atoms with Gasteiger partial charge < -0.3 is 14.6 Å². The van der Waals surface area contributed by atoms with Crippen LogP contribution in [0.1, 0.15) is 194 Å². The third kappa shape index (κ3) is 34.9. The highest BCUT2D eigenvalue weighted by atomic mass is 16.6. The second-order valence-electron chi connectivity index (χ2n) is 12.7. The van der Waals surface area contributed by atoms with Gasteiger partial charge in [-0.15, -0.1) is 0 Å². The van der Waals surface area contributed by atoms with E-state index in [1.165, 1.54) is 116 Å². The van der Waals surface area contributed by atoms with Crippen LogP contribution in [0.5, 0.6) is 0 Å². The van der Waals surface area contributed by atoms with Crippen molar-refractivity contribution in [2.75, 3.05) is 13.2 Å². The van der Waals surface area contributed by atoms with Crippen molar-refractivity contribution >= 4 is 11.9 Å². The molecule has 44 heavy (non-hydrogen) atoms. The van der Waals surface area contributed by atoms with Gasteiger partial charge in [-0.3, -0.25) is 9.59 Å². The van der Waals surface area contributed by atoms with Crippen LogP contribution in [0, 0.1) is 0 Å². The number of allylic oxidation sites excluding steroid dienone is 4. The highest BCUT2D eigenvalue weighted by Gasteiger charge is 2.12. The summed E-state index contributed by atoms with van der Waals surface area (Å²) in [4.78, 5) is 23.9. The van der Waals surface area contributed by atoms with Gasteiger partial charge in [0.15, 0.2) is 0 Å². The fourth-order valence-corrected chi connectivity index (χ4v) is 5.29. The standard InChI is InChI=1S/C39H72O5/c1-3-5-7-9-11-13-15-17-19-21-23-25-27-29-31-33-38(41)43-35-37(40)36-44-39(42)34-32-30-28-26-24-22-20-18-16-14-12-10-8-6-4-2/h11,13,17,19,37,40H,3-10,12,14-16,18,20-36H2,1-2H3/b13-11-,19-17-/t37-/m0/s1. The molecule has 0 amide bonds. The number of carbonyl (C=O) groups is 2. The molecule has 1 N–H and O–H groups in total. The van der Waals surface area contributed by atoms with Gasteiger partial charge >= 0.3 is 11.9 Å². The molecule has 0 aliphatic heterocycles. The van der Waals surface area contributed by atoms with Gasteiger partial charge in [0.25, 0.3) is 0 Å². The van der Waals surface area contributed by atoms with Gasteiger partial charge in [0.1, 0.15) is 19.3 Å². The molecule has 0 aromatic rings. The predicted molar refractivity (Wildman–Crippen MR) is 187 cm³/mol. The smallest absolute Gasteiger partial charge is 0.305 e. The average molecular weight is 621 g/mol. The maximum Gasteiger partial charge on any atom is 0.305 e. The number of ether oxygens (including phenoxy) is 2. The number of carbonyl (C=O) groups excluding carboxylic acids is 2. The maximum absolute atomic E-state index is 11.9. The Bertz CT molecular complexity index is 671. The molecular weight excluding hydrogens is 548 g/mol. The molecule has 0 unspecified atom stereocenters. The molecule has 0 saturated heterocycles. The maximum atomic E-state index is 11.9. The summed E-state index contributed by atoms with van der Waals surface area (Å²) in [6.45, 7) is 4.27. The summed E-state index contributed by atoms with van der Waals surface area (Å²) >= 11 is 0. The zero-order valence-corrected chi connectivity index (χ0v) is 29.2. The molecule has 0 aromatic carbocycles. The molecule has 0 aliphatic rings. The van der Waals surface area contributed by atoms with Gasteiger partial charge in [-0.25, -0.2) is 0 Å². The minimum absolute atomic E-state index is 0.117. The van der Waals surface area contributed by atoms with Crippen LogP contribution < -0.4 is 0 Å². The van der Waals surface area contributed by atoms with Crippen LogP contribution in [0.4, 0.5) is 0 Å². The highest BCUT2D eigenvalue weighted by Crippen LogP contribution is 2.14. The van der Waals surface area contributed by atoms with Crippen LogP contribution >= 0.6 is 0 Å². The molecule has 1 atom stereocenters. The van der Waals surface area contributed by atoms with Crippen molar-refractivity contribution in [1.29, 1.82) is 0 Å². The summed E-state index contributed by atoms with van der Waals surface area (Å²) in [6, 6.07) is 0. The van der Waals surface area contributed by atoms with Gasteiger partial charge in [-0.05, 0) is 44.9 Å². The second-order valence-corrected chi connectivity index (χ2v) is 12.7. The molecule has 0 bridgehead atoms. The normalized spacial score (nSPS) is 12.3. The molecule has 5 nitrogen and oxygen atoms in total. The van der Waals surface area contributed by atoms with E-state index in [2.05, 4.69) is 38.2 Å². The van der Waals surface area contributed by atoms with E-state index in [1.807, 2.05) is 0 Å². The third-order valence-electron chi connectivity index (χ3n) is 8.19. The summed E-state index contributed by atoms with van der Waals surface area (Å²) in [5.41, 5.74) is 0. The Balaban J connectivity index is 3.44. The monoisotopic (exact) mass is 621 g/mol. The van der Waals surface area contributed by atoms with Crippen LogP contribution in [-0.4, -0.2) is 36.4 Å². The summed E-state index contributed by atoms with van der Waals surface area (Å²) in [5.74, 6) is -0.575. The van der Waals surface area contributed by atoms with E-state index in [9.17, 15) is 14.7 Å². The number of hydrogen-bond donors (Lipinski definition) is 1. The minimum atomic E-state index is -0.964. The Morgan fingerprint density at radius 3 is 1.20 bits per heavy atom. The van der Waals surface area contributed by atoms with E-state index >= 15 is 0 Å². The molecule has 0 saturated carbocycles. The first-order valence-corrected chi connectivity index (χ1v) is 18.9. The Labute approximate surface area is 273 Å². The molecule has 5 heteroatoms. The second kappa shape index (κ2) is 35.9. The quantitative estimate of drug-likeness (QED) is 0.0440. The lowest BCUT2D eigenvalue weighted by Crippen LogP contribution is -2.25. The number of hydrogen-bond acceptors (Lipinski definition) is 5. The molecule has 0 spiro atoms. The zero-order valence-electron chi connectivity index (χ0n) is 29.2. The lowest BCUT2D eigenvalue weighted by Gasteiger charge is -2.12. The SMILES string of the molecule is CCCCC/C=C\C/C=C\CCCCCCCC(=O)OC[C@H](O)COC(=O)CCCCCCCCCCCCCCCCC. The lowest BCUT2D eigenvalue weighted by molar-refractivity contribution is -0.152. The minimum Gasteiger partial charge on any atom is -0.463 e. The summed E-state index contributed by atoms with van der Waals surface area (Å²) in [5, 5.41) is 9.99. The Kier molecular flexibility index (Phi) is 34.5. The molecule has 0 aliphatic carbocycles. The fourth-order valence-electron chi connectivity index (χ4n) is 5.29. The molecule has 0 rings (SSSR count). The van der Waals surface area contributed by atoms with E-state index in [4.69, 9.17) is 9.47 Å². The van der Waals surface area contributed by atoms with Crippen molar-refractivity contribution in [2.45, 2.75) is 200 Å². The van der Waals surface area contributed by atoms with Crippen molar-refractivity contribution in [1.82, 2.24) is 0 Å². The van der Waals surface area contributed by atoms with Gasteiger partial charge in [-0.1, -0.05) is 160 Å². The lowest BCUT2D eigenvalue weighted by atomic mass is 10.0. The van der Waals surface area contributed by atoms with E-state index in [-0.39, 0.29) is 25.2 Å². The van der Waals surface area contributed by atoms with Crippen LogP contribution in [0.3, 0.4) is 0 Å². The van der Waals surface area contributed by atoms with Crippen molar-refractivity contribution in [3.05, 3.63) is 24.3 Å². The largest absolute Gasteiger partial charge is 0.463 e. The van der Waals surface area contributed by atoms with E-state index in [0.717, 1.165) is 51.4 Å². The highest BCUT2D eigenvalue weighted by molar-refractivity contribution is 5.69. The van der Waals surface area contributed by atoms with Crippen LogP contribution in [0.25, 0.3) is 0 Å². The molecule has 0 heterocycles. The summed E-state index contributed by atoms with van der Waals surface area (Å²) < 4.78 is 10.3. The van der Waals surface area contributed by atoms with Crippen LogP contribution in [-0.2, 0) is 19.1 Å². The number of rotatable bonds is 34. The van der Waals surface area contributed by atoms with Crippen molar-refractivity contribution in [3.8, 4) is 0 Å². The number of unbranched alkanes of at least 4 members (excludes halogenated alkanes) is 22. The van der Waals surface area contributed by atoms with E-state index in [0.29, 0.717) is 12.8 Å². The predicted octanol–water partition coefficient (Wildman–Crippen LogP) is 11.5. The molecule has 258 valence electrons. The van der Waals surface area contributed by atoms with Crippen molar-refractivity contribution in [2.24, 2.45) is 0 Å². The summed E-state index contributed by atoms with van der Waals surface area (Å²) in [7, 11) is 0. The fraction of sp³-hybridized carbons (Fsp3) is 0.846. The Morgan fingerprint density at radius 1 is 0.477 bits per heavy atom. The first kappa shape index (κ1) is 42.4. The van der Waals surface area contributed by atoms with E-state index in [1.54, 1.807) is 0 Å². The molecular formula is C39H72O5. The first-order chi connectivity index (χ1) is 21.6. The number of aliphatic hydroxyl groups excluding tert-OH is 1. The molecule has 0 aromatic heterocycles. The molecule has 0 fully saturated rings. The van der Waals surface area contributed by atoms with Crippen molar-refractivity contribution in [3.63, 3.8) is 0 Å². The zero-order chi connectivity index (χ0) is 32.2. The average Bonchev–Trinajstić information content (AvgIpc) is 3.02. The Hall–Kier alpha value is -1.62. The van der Waals surface area contributed by atoms with Crippen molar-refractivity contribution < 1.29 is 24.2 Å². The molecule has 0 radical (unpaired) electrons. The van der Waals surface area contributed by atoms with Gasteiger partial charge in [-0.2, -0.15) is 0 Å². The number of aliphatic hydroxyl groups is 1. The van der Waals surface area contributed by atoms with Gasteiger partial charge in [0.2, 0.25) is 0 Å². The Morgan fingerprint density at radius 2 is 0.795 bits per heavy atom. The topological polar surface area (TPSA) is 72.8 Å². The van der Waals surface area contributed by atoms with Gasteiger partial charge in [0.05, 0.1) is 0 Å². The summed E-state index contributed by atoms with van der Waals surface area (Å²) in [6.07, 6.45) is 40.8.